The van der Waals surface area contributed by atoms with Crippen molar-refractivity contribution in [2.24, 2.45) is 47.3 Å². The molecule has 12 atom stereocenters. The van der Waals surface area contributed by atoms with Crippen LogP contribution in [0.25, 0.3) is 43.4 Å². The predicted octanol–water partition coefficient (Wildman–Crippen LogP) is 13.4. The lowest BCUT2D eigenvalue weighted by Gasteiger charge is -2.37. The van der Waals surface area contributed by atoms with Crippen molar-refractivity contribution in [2.45, 2.75) is 136 Å². The number of hydrogen-bond acceptors (Lipinski definition) is 1. The van der Waals surface area contributed by atoms with Crippen LogP contribution in [0.1, 0.15) is 103 Å². The summed E-state index contributed by atoms with van der Waals surface area (Å²) in [6, 6.07) is 30.5. The van der Waals surface area contributed by atoms with E-state index in [0.29, 0.717) is 0 Å². The second-order valence-electron chi connectivity index (χ2n) is 21.5. The van der Waals surface area contributed by atoms with E-state index in [1.807, 2.05) is 0 Å². The maximum Gasteiger partial charge on any atom is 0.183 e. The van der Waals surface area contributed by atoms with E-state index in [1.165, 1.54) is 151 Å². The van der Waals surface area contributed by atoms with Gasteiger partial charge in [0.25, 0.3) is 0 Å². The lowest BCUT2D eigenvalue weighted by atomic mass is 9.26. The summed E-state index contributed by atoms with van der Waals surface area (Å²) in [6.45, 7) is 1.52. The third-order valence-corrected chi connectivity index (χ3v) is 20.4. The van der Waals surface area contributed by atoms with E-state index < -0.39 is 0 Å². The van der Waals surface area contributed by atoms with Gasteiger partial charge in [-0.15, -0.1) is 0 Å². The van der Waals surface area contributed by atoms with Gasteiger partial charge in [-0.1, -0.05) is 184 Å². The van der Waals surface area contributed by atoms with Gasteiger partial charge < -0.3 is 0 Å². The first-order valence-electron chi connectivity index (χ1n) is 23.4. The van der Waals surface area contributed by atoms with Crippen LogP contribution < -0.4 is 10.9 Å². The Labute approximate surface area is 333 Å². The van der Waals surface area contributed by atoms with E-state index >= 15 is 0 Å². The van der Waals surface area contributed by atoms with Gasteiger partial charge in [0.2, 0.25) is 0 Å². The summed E-state index contributed by atoms with van der Waals surface area (Å²) < 4.78 is 0. The minimum absolute atomic E-state index is 0.734. The first kappa shape index (κ1) is 32.3. The lowest BCUT2D eigenvalue weighted by Crippen LogP contribution is -2.43. The van der Waals surface area contributed by atoms with Crippen LogP contribution in [0, 0.1) is 47.3 Å². The first-order valence-corrected chi connectivity index (χ1v) is 24.2. The summed E-state index contributed by atoms with van der Waals surface area (Å²) in [4.78, 5) is 3.02. The van der Waals surface area contributed by atoms with Gasteiger partial charge in [0.05, 0.1) is 0 Å². The average Bonchev–Trinajstić information content (AvgIpc) is 4.09. The van der Waals surface area contributed by atoms with Crippen LogP contribution in [0.2, 0.25) is 23.3 Å². The van der Waals surface area contributed by atoms with E-state index in [-0.39, 0.29) is 0 Å². The molecule has 12 unspecified atom stereocenters. The zero-order chi connectivity index (χ0) is 35.5. The maximum absolute atomic E-state index is 2.79. The first-order chi connectivity index (χ1) is 27.2. The largest absolute Gasteiger partial charge is 0.183 e. The summed E-state index contributed by atoms with van der Waals surface area (Å²) in [6.07, 6.45) is 24.2. The van der Waals surface area contributed by atoms with Crippen LogP contribution in [-0.2, 0) is 0 Å². The molecule has 1 heterocycles. The van der Waals surface area contributed by atoms with Crippen molar-refractivity contribution >= 4 is 68.4 Å². The molecule has 276 valence electrons. The highest BCUT2D eigenvalue weighted by Gasteiger charge is 2.54. The van der Waals surface area contributed by atoms with Gasteiger partial charge in [0, 0.05) is 15.2 Å². The monoisotopic (exact) mass is 734 g/mol. The summed E-state index contributed by atoms with van der Waals surface area (Å²) in [5, 5.41) is 9.13. The smallest absolute Gasteiger partial charge is 0.0888 e. The number of rotatable bonds is 6. The third kappa shape index (κ3) is 4.69. The molecule has 8 bridgehead atoms. The Kier molecular flexibility index (Phi) is 7.03. The van der Waals surface area contributed by atoms with Crippen LogP contribution >= 0.6 is 11.8 Å². The van der Waals surface area contributed by atoms with Gasteiger partial charge in [-0.05, 0) is 123 Å². The molecule has 5 aromatic rings. The van der Waals surface area contributed by atoms with Gasteiger partial charge in [-0.25, -0.2) is 0 Å². The SMILES string of the molecule is c1ccc2c(c1)c(B(C1CC3CCC1C3)C1CC3CCC1C3)cc1c3cccc4c3c(cc21)-c1ccc(B(C2CC3CCC2C3)C2CC3CCC2C3)cc1S4. The highest BCUT2D eigenvalue weighted by molar-refractivity contribution is 7.99. The van der Waals surface area contributed by atoms with Gasteiger partial charge in [0.1, 0.15) is 0 Å². The molecule has 1 aliphatic heterocycles. The van der Waals surface area contributed by atoms with Crippen LogP contribution in [0.15, 0.2) is 82.6 Å². The molecule has 0 amide bonds. The topological polar surface area (TPSA) is 0 Å². The molecule has 0 nitrogen and oxygen atoms in total. The summed E-state index contributed by atoms with van der Waals surface area (Å²) >= 11 is 2.10. The quantitative estimate of drug-likeness (QED) is 0.121. The van der Waals surface area contributed by atoms with Crippen molar-refractivity contribution in [2.75, 3.05) is 0 Å². The van der Waals surface area contributed by atoms with Crippen molar-refractivity contribution in [3.8, 4) is 11.1 Å². The molecule has 8 aliphatic carbocycles. The molecule has 3 heteroatoms. The van der Waals surface area contributed by atoms with Crippen LogP contribution in [0.4, 0.5) is 0 Å². The lowest BCUT2D eigenvalue weighted by molar-refractivity contribution is 0.441. The predicted molar refractivity (Wildman–Crippen MR) is 236 cm³/mol. The molecule has 0 radical (unpaired) electrons. The molecule has 8 fully saturated rings. The maximum atomic E-state index is 2.79. The fourth-order valence-electron chi connectivity index (χ4n) is 17.3. The minimum atomic E-state index is 0.734. The Morgan fingerprint density at radius 1 is 0.400 bits per heavy atom. The van der Waals surface area contributed by atoms with Gasteiger partial charge in [-0.3, -0.25) is 0 Å². The molecular weight excluding hydrogens is 678 g/mol. The summed E-state index contributed by atoms with van der Waals surface area (Å²) in [5.74, 6) is 11.6. The Morgan fingerprint density at radius 3 is 1.51 bits per heavy atom. The summed E-state index contributed by atoms with van der Waals surface area (Å²) in [5.41, 5.74) is 6.43. The van der Waals surface area contributed by atoms with Crippen molar-refractivity contribution in [1.82, 2.24) is 0 Å². The standard InChI is InChI=1S/C52H56B2S/c1-2-5-39-38(4-1)42-27-44-40-17-16-37(53(45-22-29-8-12-33(45)18-29)46-23-30-9-13-34(46)19-30)26-51(40)55-50-7-3-6-41(52(44)50)43(42)28-49(39)54(47-24-31-10-14-35(47)20-31)48-25-32-11-15-36(48)21-32/h1-7,16-17,26-36,45-48H,8-15,18-25H2. The average molecular weight is 735 g/mol. The van der Waals surface area contributed by atoms with Crippen molar-refractivity contribution in [3.63, 3.8) is 0 Å². The number of fused-ring (bicyclic) bond motifs is 14. The second kappa shape index (κ2) is 12.0. The molecule has 8 saturated carbocycles. The van der Waals surface area contributed by atoms with E-state index in [2.05, 4.69) is 84.6 Å². The molecule has 0 N–H and O–H groups in total. The molecular formula is C52H56B2S. The Morgan fingerprint density at radius 2 is 0.945 bits per heavy atom. The molecule has 14 rings (SSSR count). The highest BCUT2D eigenvalue weighted by Crippen LogP contribution is 2.62. The molecule has 0 spiro atoms. The van der Waals surface area contributed by atoms with E-state index in [1.54, 1.807) is 16.3 Å². The van der Waals surface area contributed by atoms with Crippen molar-refractivity contribution in [1.29, 1.82) is 0 Å². The molecule has 5 aromatic carbocycles. The van der Waals surface area contributed by atoms with Crippen molar-refractivity contribution in [3.05, 3.63) is 72.8 Å². The van der Waals surface area contributed by atoms with Gasteiger partial charge in [-0.2, -0.15) is 0 Å². The Bertz CT molecular complexity index is 2360. The van der Waals surface area contributed by atoms with Gasteiger partial charge >= 0.3 is 0 Å². The van der Waals surface area contributed by atoms with Gasteiger partial charge in [0.15, 0.2) is 13.4 Å². The fraction of sp³-hybridized carbons (Fsp3) is 0.538. The van der Waals surface area contributed by atoms with E-state index in [9.17, 15) is 0 Å². The van der Waals surface area contributed by atoms with Crippen molar-refractivity contribution < 1.29 is 0 Å². The van der Waals surface area contributed by atoms with Crippen LogP contribution in [0.5, 0.6) is 0 Å². The zero-order valence-electron chi connectivity index (χ0n) is 32.7. The third-order valence-electron chi connectivity index (χ3n) is 19.3. The normalized spacial score (nSPS) is 37.3. The highest BCUT2D eigenvalue weighted by atomic mass is 32.2. The Hall–Kier alpha value is -2.64. The van der Waals surface area contributed by atoms with Crippen LogP contribution in [0.3, 0.4) is 0 Å². The Balaban J connectivity index is 0.933. The molecule has 9 aliphatic rings. The van der Waals surface area contributed by atoms with E-state index in [4.69, 9.17) is 0 Å². The number of hydrogen-bond donors (Lipinski definition) is 0. The van der Waals surface area contributed by atoms with Crippen LogP contribution in [-0.4, -0.2) is 13.4 Å². The van der Waals surface area contributed by atoms with E-state index in [0.717, 1.165) is 84.0 Å². The molecule has 55 heavy (non-hydrogen) atoms. The fourth-order valence-corrected chi connectivity index (χ4v) is 18.5. The summed E-state index contributed by atoms with van der Waals surface area (Å²) in [7, 11) is 0. The minimum Gasteiger partial charge on any atom is -0.0888 e. The number of benzene rings is 5. The molecule has 0 saturated heterocycles. The molecule has 0 aromatic heterocycles. The zero-order valence-corrected chi connectivity index (χ0v) is 33.5. The second-order valence-corrected chi connectivity index (χ2v) is 22.6.